The molecular weight excluding hydrogens is 275 g/mol. The number of aryl methyl sites for hydroxylation is 1. The molecule has 1 unspecified atom stereocenters. The smallest absolute Gasteiger partial charge is 0.237 e. The number of hydrogen-bond donors (Lipinski definition) is 1. The Hall–Kier alpha value is -1.40. The highest BCUT2D eigenvalue weighted by atomic mass is 32.2. The molecule has 0 bridgehead atoms. The maximum atomic E-state index is 12.1. The van der Waals surface area contributed by atoms with Crippen molar-refractivity contribution in [1.82, 2.24) is 4.72 Å². The Bertz CT molecular complexity index is 625. The van der Waals surface area contributed by atoms with Crippen molar-refractivity contribution in [2.75, 3.05) is 6.54 Å². The molecule has 2 nitrogen and oxygen atoms in total. The van der Waals surface area contributed by atoms with Gasteiger partial charge in [0.15, 0.2) is 0 Å². The summed E-state index contributed by atoms with van der Waals surface area (Å²) in [6.07, 6.45) is -4.38. The van der Waals surface area contributed by atoms with Crippen molar-refractivity contribution in [2.24, 2.45) is 0 Å². The van der Waals surface area contributed by atoms with Gasteiger partial charge in [-0.2, -0.15) is 13.2 Å². The zero-order valence-corrected chi connectivity index (χ0v) is 10.9. The molecule has 0 spiro atoms. The van der Waals surface area contributed by atoms with Crippen LogP contribution in [0.25, 0.3) is 10.8 Å². The van der Waals surface area contributed by atoms with Crippen LogP contribution in [0, 0.1) is 6.92 Å². The fourth-order valence-electron chi connectivity index (χ4n) is 1.81. The highest BCUT2D eigenvalue weighted by Gasteiger charge is 2.28. The molecule has 0 fully saturated rings. The molecule has 6 heteroatoms. The van der Waals surface area contributed by atoms with Crippen LogP contribution < -0.4 is 4.72 Å². The van der Waals surface area contributed by atoms with Crippen molar-refractivity contribution in [3.8, 4) is 0 Å². The van der Waals surface area contributed by atoms with Crippen LogP contribution in [0.5, 0.6) is 0 Å². The van der Waals surface area contributed by atoms with E-state index in [1.165, 1.54) is 0 Å². The van der Waals surface area contributed by atoms with Crippen LogP contribution in [0.1, 0.15) is 5.56 Å². The average molecular weight is 287 g/mol. The third-order valence-electron chi connectivity index (χ3n) is 2.71. The lowest BCUT2D eigenvalue weighted by atomic mass is 10.1. The highest BCUT2D eigenvalue weighted by molar-refractivity contribution is 7.83. The zero-order chi connectivity index (χ0) is 14.0. The molecule has 0 amide bonds. The van der Waals surface area contributed by atoms with Crippen molar-refractivity contribution >= 4 is 21.8 Å². The Morgan fingerprint density at radius 3 is 2.37 bits per heavy atom. The van der Waals surface area contributed by atoms with Gasteiger partial charge in [0.1, 0.15) is 17.5 Å². The minimum absolute atomic E-state index is 0.366. The SMILES string of the molecule is Cc1ccc(S(=O)NCC(F)(F)F)c2ccccc12. The van der Waals surface area contributed by atoms with E-state index in [0.29, 0.717) is 10.3 Å². The van der Waals surface area contributed by atoms with Gasteiger partial charge < -0.3 is 0 Å². The Labute approximate surface area is 111 Å². The molecule has 0 radical (unpaired) electrons. The second-order valence-electron chi connectivity index (χ2n) is 4.13. The van der Waals surface area contributed by atoms with Gasteiger partial charge in [0.25, 0.3) is 0 Å². The number of nitrogens with one attached hydrogen (secondary N) is 1. The summed E-state index contributed by atoms with van der Waals surface area (Å²) in [5.74, 6) is 0. The number of benzene rings is 2. The Morgan fingerprint density at radius 2 is 1.74 bits per heavy atom. The first-order valence-corrected chi connectivity index (χ1v) is 6.74. The summed E-state index contributed by atoms with van der Waals surface area (Å²) in [4.78, 5) is 0.366. The molecule has 2 aromatic rings. The molecule has 2 aromatic carbocycles. The monoisotopic (exact) mass is 287 g/mol. The van der Waals surface area contributed by atoms with Crippen LogP contribution >= 0.6 is 0 Å². The lowest BCUT2D eigenvalue weighted by Crippen LogP contribution is -2.30. The van der Waals surface area contributed by atoms with Gasteiger partial charge in [-0.3, -0.25) is 0 Å². The van der Waals surface area contributed by atoms with Gasteiger partial charge in [-0.1, -0.05) is 30.3 Å². The molecule has 1 atom stereocenters. The second-order valence-corrected chi connectivity index (χ2v) is 5.40. The van der Waals surface area contributed by atoms with E-state index in [1.54, 1.807) is 24.3 Å². The molecule has 19 heavy (non-hydrogen) atoms. The maximum Gasteiger partial charge on any atom is 0.402 e. The van der Waals surface area contributed by atoms with Gasteiger partial charge in [-0.15, -0.1) is 0 Å². The number of fused-ring (bicyclic) bond motifs is 1. The first-order valence-electron chi connectivity index (χ1n) is 5.59. The number of rotatable bonds is 3. The predicted molar refractivity (Wildman–Crippen MR) is 69.2 cm³/mol. The summed E-state index contributed by atoms with van der Waals surface area (Å²) >= 11 is 0. The van der Waals surface area contributed by atoms with E-state index < -0.39 is 23.7 Å². The van der Waals surface area contributed by atoms with Crippen molar-refractivity contribution in [1.29, 1.82) is 0 Å². The van der Waals surface area contributed by atoms with E-state index in [0.717, 1.165) is 10.9 Å². The molecule has 102 valence electrons. The van der Waals surface area contributed by atoms with Crippen LogP contribution in [0.4, 0.5) is 13.2 Å². The van der Waals surface area contributed by atoms with Crippen molar-refractivity contribution in [3.63, 3.8) is 0 Å². The van der Waals surface area contributed by atoms with Crippen LogP contribution in [-0.4, -0.2) is 16.9 Å². The molecular formula is C13H12F3NOS. The van der Waals surface area contributed by atoms with Crippen molar-refractivity contribution in [3.05, 3.63) is 42.0 Å². The maximum absolute atomic E-state index is 12.1. The topological polar surface area (TPSA) is 29.1 Å². The number of alkyl halides is 3. The fourth-order valence-corrected chi connectivity index (χ4v) is 2.83. The summed E-state index contributed by atoms with van der Waals surface area (Å²) in [6.45, 7) is 0.625. The minimum atomic E-state index is -4.38. The molecule has 0 saturated heterocycles. The lowest BCUT2D eigenvalue weighted by molar-refractivity contribution is -0.121. The number of hydrogen-bond acceptors (Lipinski definition) is 1. The van der Waals surface area contributed by atoms with Gasteiger partial charge >= 0.3 is 6.18 Å². The Morgan fingerprint density at radius 1 is 1.11 bits per heavy atom. The van der Waals surface area contributed by atoms with E-state index in [-0.39, 0.29) is 0 Å². The highest BCUT2D eigenvalue weighted by Crippen LogP contribution is 2.24. The molecule has 0 aliphatic rings. The summed E-state index contributed by atoms with van der Waals surface area (Å²) in [5, 5.41) is 1.60. The van der Waals surface area contributed by atoms with Gasteiger partial charge in [-0.25, -0.2) is 8.93 Å². The van der Waals surface area contributed by atoms with Gasteiger partial charge in [-0.05, 0) is 29.3 Å². The average Bonchev–Trinajstić information content (AvgIpc) is 2.36. The van der Waals surface area contributed by atoms with Gasteiger partial charge in [0, 0.05) is 0 Å². The summed E-state index contributed by atoms with van der Waals surface area (Å²) in [7, 11) is -1.88. The van der Waals surface area contributed by atoms with E-state index in [9.17, 15) is 17.4 Å². The minimum Gasteiger partial charge on any atom is -0.237 e. The molecule has 0 saturated carbocycles. The first-order chi connectivity index (χ1) is 8.88. The van der Waals surface area contributed by atoms with E-state index in [2.05, 4.69) is 0 Å². The second kappa shape index (κ2) is 5.30. The molecule has 0 aromatic heterocycles. The van der Waals surface area contributed by atoms with Crippen molar-refractivity contribution in [2.45, 2.75) is 18.0 Å². The lowest BCUT2D eigenvalue weighted by Gasteiger charge is -2.11. The normalized spacial score (nSPS) is 13.7. The zero-order valence-electron chi connectivity index (χ0n) is 10.1. The Balaban J connectivity index is 2.35. The molecule has 0 aliphatic carbocycles. The molecule has 2 rings (SSSR count). The molecule has 1 N–H and O–H groups in total. The summed E-state index contributed by atoms with van der Waals surface area (Å²) < 4.78 is 50.3. The fraction of sp³-hybridized carbons (Fsp3) is 0.231. The largest absolute Gasteiger partial charge is 0.402 e. The van der Waals surface area contributed by atoms with Crippen LogP contribution in [0.3, 0.4) is 0 Å². The van der Waals surface area contributed by atoms with Crippen LogP contribution in [0.15, 0.2) is 41.3 Å². The van der Waals surface area contributed by atoms with E-state index in [4.69, 9.17) is 0 Å². The molecule has 0 aliphatic heterocycles. The third-order valence-corrected chi connectivity index (χ3v) is 3.87. The first kappa shape index (κ1) is 14.0. The third kappa shape index (κ3) is 3.33. The number of halogens is 3. The van der Waals surface area contributed by atoms with E-state index >= 15 is 0 Å². The van der Waals surface area contributed by atoms with Crippen molar-refractivity contribution < 1.29 is 17.4 Å². The quantitative estimate of drug-likeness (QED) is 0.922. The van der Waals surface area contributed by atoms with E-state index in [1.807, 2.05) is 23.8 Å². The van der Waals surface area contributed by atoms with Gasteiger partial charge in [0.05, 0.1) is 4.90 Å². The summed E-state index contributed by atoms with van der Waals surface area (Å²) in [5.41, 5.74) is 0.993. The standard InChI is InChI=1S/C13H12F3NOS/c1-9-6-7-12(11-5-3-2-4-10(9)11)19(18)17-8-13(14,15)16/h2-7,17H,8H2,1H3. The summed E-state index contributed by atoms with van der Waals surface area (Å²) in [6, 6.07) is 10.6. The predicted octanol–water partition coefficient (Wildman–Crippen LogP) is 3.32. The van der Waals surface area contributed by atoms with Gasteiger partial charge in [0.2, 0.25) is 0 Å². The molecule has 0 heterocycles. The Kier molecular flexibility index (Phi) is 3.91. The van der Waals surface area contributed by atoms with Crippen LogP contribution in [0.2, 0.25) is 0 Å². The van der Waals surface area contributed by atoms with Crippen LogP contribution in [-0.2, 0) is 11.0 Å².